The molecule has 78 valence electrons. The average Bonchev–Trinajstić information content (AvgIpc) is 2.02. The number of urea groups is 1. The van der Waals surface area contributed by atoms with Crippen LogP contribution in [0.15, 0.2) is 0 Å². The molecule has 5 nitrogen and oxygen atoms in total. The van der Waals surface area contributed by atoms with Crippen LogP contribution in [0.1, 0.15) is 20.3 Å². The molecule has 0 aromatic heterocycles. The second-order valence-corrected chi connectivity index (χ2v) is 2.75. The molecule has 14 heavy (non-hydrogen) atoms. The fourth-order valence-electron chi connectivity index (χ4n) is 0.801. The standard InChI is InChI=1S/C9H14N2O3/c1-3-4-5-10-9(14)11-7(2)6-8(12)13/h7H,5-6H2,1-2H3,(H,12,13)(H2,10,11,14). The summed E-state index contributed by atoms with van der Waals surface area (Å²) in [5.41, 5.74) is 0. The van der Waals surface area contributed by atoms with Gasteiger partial charge in [0.1, 0.15) is 0 Å². The van der Waals surface area contributed by atoms with Gasteiger partial charge in [-0.3, -0.25) is 4.79 Å². The second-order valence-electron chi connectivity index (χ2n) is 2.75. The monoisotopic (exact) mass is 198 g/mol. The van der Waals surface area contributed by atoms with Crippen LogP contribution in [0.2, 0.25) is 0 Å². The highest BCUT2D eigenvalue weighted by Gasteiger charge is 2.09. The van der Waals surface area contributed by atoms with Crippen LogP contribution in [0.4, 0.5) is 4.79 Å². The van der Waals surface area contributed by atoms with Gasteiger partial charge in [0.05, 0.1) is 13.0 Å². The number of carboxylic acids is 1. The predicted molar refractivity (Wildman–Crippen MR) is 51.7 cm³/mol. The molecule has 0 radical (unpaired) electrons. The molecule has 3 N–H and O–H groups in total. The number of amides is 2. The fraction of sp³-hybridized carbons (Fsp3) is 0.556. The molecule has 0 saturated heterocycles. The van der Waals surface area contributed by atoms with E-state index in [1.807, 2.05) is 0 Å². The molecule has 2 amide bonds. The summed E-state index contributed by atoms with van der Waals surface area (Å²) in [7, 11) is 0. The molecule has 0 aromatic rings. The maximum atomic E-state index is 11.0. The third-order valence-corrected chi connectivity index (χ3v) is 1.37. The van der Waals surface area contributed by atoms with Gasteiger partial charge in [0.2, 0.25) is 0 Å². The van der Waals surface area contributed by atoms with Gasteiger partial charge in [-0.25, -0.2) is 4.79 Å². The van der Waals surface area contributed by atoms with E-state index in [0.29, 0.717) is 0 Å². The Kier molecular flexibility index (Phi) is 5.95. The van der Waals surface area contributed by atoms with Gasteiger partial charge < -0.3 is 15.7 Å². The van der Waals surface area contributed by atoms with Crippen LogP contribution in [0, 0.1) is 11.8 Å². The third-order valence-electron chi connectivity index (χ3n) is 1.37. The zero-order valence-corrected chi connectivity index (χ0v) is 8.26. The van der Waals surface area contributed by atoms with E-state index in [9.17, 15) is 9.59 Å². The van der Waals surface area contributed by atoms with Crippen molar-refractivity contribution in [3.05, 3.63) is 0 Å². The van der Waals surface area contributed by atoms with Gasteiger partial charge in [0.15, 0.2) is 0 Å². The van der Waals surface area contributed by atoms with Gasteiger partial charge >= 0.3 is 12.0 Å². The SMILES string of the molecule is CC#CCNC(=O)NC(C)CC(=O)O. The molecular weight excluding hydrogens is 184 g/mol. The summed E-state index contributed by atoms with van der Waals surface area (Å²) in [6, 6.07) is -0.788. The number of carbonyl (C=O) groups excluding carboxylic acids is 1. The minimum Gasteiger partial charge on any atom is -0.481 e. The topological polar surface area (TPSA) is 78.4 Å². The van der Waals surface area contributed by atoms with Crippen LogP contribution in [0.5, 0.6) is 0 Å². The maximum absolute atomic E-state index is 11.0. The maximum Gasteiger partial charge on any atom is 0.315 e. The van der Waals surface area contributed by atoms with Crippen molar-refractivity contribution in [2.24, 2.45) is 0 Å². The lowest BCUT2D eigenvalue weighted by molar-refractivity contribution is -0.137. The summed E-state index contributed by atoms with van der Waals surface area (Å²) in [6.45, 7) is 3.56. The summed E-state index contributed by atoms with van der Waals surface area (Å²) in [6.07, 6.45) is -0.0904. The van der Waals surface area contributed by atoms with Crippen molar-refractivity contribution >= 4 is 12.0 Å². The van der Waals surface area contributed by atoms with Crippen molar-refractivity contribution in [3.8, 4) is 11.8 Å². The number of aliphatic carboxylic acids is 1. The quantitative estimate of drug-likeness (QED) is 0.563. The van der Waals surface area contributed by atoms with Crippen LogP contribution in [0.3, 0.4) is 0 Å². The molecule has 0 saturated carbocycles. The molecule has 1 unspecified atom stereocenters. The lowest BCUT2D eigenvalue weighted by Crippen LogP contribution is -2.41. The predicted octanol–water partition coefficient (Wildman–Crippen LogP) is 0.172. The zero-order valence-electron chi connectivity index (χ0n) is 8.26. The largest absolute Gasteiger partial charge is 0.481 e. The molecule has 0 fully saturated rings. The Balaban J connectivity index is 3.69. The molecule has 0 aromatic carbocycles. The Morgan fingerprint density at radius 3 is 2.64 bits per heavy atom. The first kappa shape index (κ1) is 12.3. The van der Waals surface area contributed by atoms with Gasteiger partial charge in [0, 0.05) is 6.04 Å². The van der Waals surface area contributed by atoms with Crippen molar-refractivity contribution in [3.63, 3.8) is 0 Å². The van der Waals surface area contributed by atoms with Crippen LogP contribution >= 0.6 is 0 Å². The van der Waals surface area contributed by atoms with Crippen molar-refractivity contribution in [1.29, 1.82) is 0 Å². The van der Waals surface area contributed by atoms with Crippen molar-refractivity contribution < 1.29 is 14.7 Å². The summed E-state index contributed by atoms with van der Waals surface area (Å²) >= 11 is 0. The van der Waals surface area contributed by atoms with Gasteiger partial charge in [0.25, 0.3) is 0 Å². The van der Waals surface area contributed by atoms with Crippen LogP contribution in [-0.2, 0) is 4.79 Å². The summed E-state index contributed by atoms with van der Waals surface area (Å²) in [4.78, 5) is 21.3. The first-order valence-corrected chi connectivity index (χ1v) is 4.22. The summed E-state index contributed by atoms with van der Waals surface area (Å²) in [5, 5.41) is 13.4. The number of hydrogen-bond donors (Lipinski definition) is 3. The third kappa shape index (κ3) is 6.98. The number of rotatable bonds is 4. The molecule has 0 aliphatic carbocycles. The normalized spacial score (nSPS) is 10.7. The van der Waals surface area contributed by atoms with E-state index in [4.69, 9.17) is 5.11 Å². The van der Waals surface area contributed by atoms with E-state index in [-0.39, 0.29) is 19.0 Å². The van der Waals surface area contributed by atoms with Crippen LogP contribution < -0.4 is 10.6 Å². The summed E-state index contributed by atoms with van der Waals surface area (Å²) < 4.78 is 0. The smallest absolute Gasteiger partial charge is 0.315 e. The minimum atomic E-state index is -0.939. The van der Waals surface area contributed by atoms with E-state index in [2.05, 4.69) is 22.5 Å². The second kappa shape index (κ2) is 6.78. The van der Waals surface area contributed by atoms with E-state index in [1.54, 1.807) is 13.8 Å². The van der Waals surface area contributed by atoms with Gasteiger partial charge in [-0.1, -0.05) is 5.92 Å². The molecular formula is C9H14N2O3. The van der Waals surface area contributed by atoms with Gasteiger partial charge in [-0.2, -0.15) is 0 Å². The molecule has 0 spiro atoms. The van der Waals surface area contributed by atoms with Crippen molar-refractivity contribution in [2.75, 3.05) is 6.54 Å². The Bertz CT molecular complexity index is 265. The molecule has 0 aliphatic rings. The molecule has 0 aliphatic heterocycles. The van der Waals surface area contributed by atoms with Crippen LogP contribution in [0.25, 0.3) is 0 Å². The van der Waals surface area contributed by atoms with E-state index >= 15 is 0 Å². The number of carbonyl (C=O) groups is 2. The van der Waals surface area contributed by atoms with Gasteiger partial charge in [-0.15, -0.1) is 5.92 Å². The molecule has 1 atom stereocenters. The lowest BCUT2D eigenvalue weighted by Gasteiger charge is -2.11. The Morgan fingerprint density at radius 1 is 1.50 bits per heavy atom. The van der Waals surface area contributed by atoms with Gasteiger partial charge in [-0.05, 0) is 13.8 Å². The highest BCUT2D eigenvalue weighted by molar-refractivity contribution is 5.75. The Hall–Kier alpha value is -1.70. The molecule has 0 heterocycles. The van der Waals surface area contributed by atoms with E-state index < -0.39 is 12.0 Å². The number of nitrogens with one attached hydrogen (secondary N) is 2. The Labute approximate surface area is 82.9 Å². The highest BCUT2D eigenvalue weighted by atomic mass is 16.4. The zero-order chi connectivity index (χ0) is 11.0. The van der Waals surface area contributed by atoms with Crippen molar-refractivity contribution in [2.45, 2.75) is 26.3 Å². The fourth-order valence-corrected chi connectivity index (χ4v) is 0.801. The molecule has 0 rings (SSSR count). The number of carboxylic acid groups (broad SMARTS) is 1. The average molecular weight is 198 g/mol. The van der Waals surface area contributed by atoms with E-state index in [0.717, 1.165) is 0 Å². The first-order valence-electron chi connectivity index (χ1n) is 4.22. The minimum absolute atomic E-state index is 0.0904. The lowest BCUT2D eigenvalue weighted by atomic mass is 10.2. The number of hydrogen-bond acceptors (Lipinski definition) is 2. The van der Waals surface area contributed by atoms with Crippen molar-refractivity contribution in [1.82, 2.24) is 10.6 Å². The molecule has 5 heteroatoms. The Morgan fingerprint density at radius 2 is 2.14 bits per heavy atom. The highest BCUT2D eigenvalue weighted by Crippen LogP contribution is 1.89. The first-order chi connectivity index (χ1) is 6.56. The van der Waals surface area contributed by atoms with Crippen LogP contribution in [-0.4, -0.2) is 29.7 Å². The molecule has 0 bridgehead atoms. The summed E-state index contributed by atoms with van der Waals surface area (Å²) in [5.74, 6) is 4.34. The van der Waals surface area contributed by atoms with E-state index in [1.165, 1.54) is 0 Å².